The first-order valence-corrected chi connectivity index (χ1v) is 11.8. The number of carbonyl (C=O) groups is 1. The molecule has 1 aliphatic heterocycles. The molecule has 0 spiro atoms. The van der Waals surface area contributed by atoms with E-state index in [0.717, 1.165) is 38.3 Å². The molecule has 0 atom stereocenters. The van der Waals surface area contributed by atoms with E-state index in [4.69, 9.17) is 4.74 Å². The zero-order valence-corrected chi connectivity index (χ0v) is 18.0. The van der Waals surface area contributed by atoms with Crippen molar-refractivity contribution in [1.29, 1.82) is 0 Å². The zero-order valence-electron chi connectivity index (χ0n) is 18.0. The van der Waals surface area contributed by atoms with Crippen molar-refractivity contribution in [1.82, 2.24) is 5.32 Å². The molecule has 1 fully saturated rings. The van der Waals surface area contributed by atoms with Crippen molar-refractivity contribution < 1.29 is 9.53 Å². The molecule has 0 bridgehead atoms. The quantitative estimate of drug-likeness (QED) is 0.176. The lowest BCUT2D eigenvalue weighted by molar-refractivity contribution is -0.144. The Kier molecular flexibility index (Phi) is 16.6. The van der Waals surface area contributed by atoms with Crippen LogP contribution in [0.15, 0.2) is 12.2 Å². The van der Waals surface area contributed by atoms with Crippen LogP contribution in [0.3, 0.4) is 0 Å². The van der Waals surface area contributed by atoms with Gasteiger partial charge in [0.15, 0.2) is 0 Å². The topological polar surface area (TPSA) is 38.3 Å². The summed E-state index contributed by atoms with van der Waals surface area (Å²) in [5.41, 5.74) is 0. The number of nitrogens with one attached hydrogen (secondary N) is 1. The van der Waals surface area contributed by atoms with E-state index in [1.54, 1.807) is 0 Å². The Hall–Kier alpha value is -0.830. The van der Waals surface area contributed by atoms with Crippen LogP contribution in [0, 0.1) is 5.92 Å². The van der Waals surface area contributed by atoms with E-state index < -0.39 is 0 Å². The fraction of sp³-hybridized carbons (Fsp3) is 0.875. The number of unbranched alkanes of at least 4 members (excludes halogenated alkanes) is 10. The summed E-state index contributed by atoms with van der Waals surface area (Å²) >= 11 is 0. The van der Waals surface area contributed by atoms with Gasteiger partial charge in [-0.3, -0.25) is 4.79 Å². The van der Waals surface area contributed by atoms with Gasteiger partial charge in [0.25, 0.3) is 0 Å². The number of hydrogen-bond donors (Lipinski definition) is 1. The second-order valence-electron chi connectivity index (χ2n) is 8.18. The molecule has 0 saturated carbocycles. The molecule has 27 heavy (non-hydrogen) atoms. The molecule has 1 saturated heterocycles. The van der Waals surface area contributed by atoms with Crippen LogP contribution >= 0.6 is 0 Å². The first-order chi connectivity index (χ1) is 13.3. The molecule has 0 aliphatic carbocycles. The Morgan fingerprint density at radius 3 is 2.15 bits per heavy atom. The van der Waals surface area contributed by atoms with Gasteiger partial charge in [0, 0.05) is 6.42 Å². The first-order valence-electron chi connectivity index (χ1n) is 11.8. The Balaban J connectivity index is 1.78. The highest BCUT2D eigenvalue weighted by molar-refractivity contribution is 5.69. The maximum atomic E-state index is 11.8. The van der Waals surface area contributed by atoms with E-state index in [1.807, 2.05) is 0 Å². The molecule has 0 aromatic heterocycles. The van der Waals surface area contributed by atoms with Crippen LogP contribution in [0.25, 0.3) is 0 Å². The lowest BCUT2D eigenvalue weighted by Crippen LogP contribution is -2.28. The zero-order chi connectivity index (χ0) is 19.4. The largest absolute Gasteiger partial charge is 0.466 e. The second kappa shape index (κ2) is 18.5. The van der Waals surface area contributed by atoms with Crippen LogP contribution in [-0.4, -0.2) is 25.7 Å². The third-order valence-corrected chi connectivity index (χ3v) is 5.64. The normalized spacial score (nSPS) is 15.4. The Bertz CT molecular complexity index is 361. The summed E-state index contributed by atoms with van der Waals surface area (Å²) in [6, 6.07) is 0. The fourth-order valence-electron chi connectivity index (χ4n) is 3.75. The number of esters is 1. The highest BCUT2D eigenvalue weighted by atomic mass is 16.5. The summed E-state index contributed by atoms with van der Waals surface area (Å²) in [5.74, 6) is 0.750. The maximum absolute atomic E-state index is 11.8. The van der Waals surface area contributed by atoms with E-state index in [0.29, 0.717) is 13.0 Å². The Morgan fingerprint density at radius 1 is 0.889 bits per heavy atom. The predicted octanol–water partition coefficient (Wildman–Crippen LogP) is 6.57. The summed E-state index contributed by atoms with van der Waals surface area (Å²) in [6.45, 7) is 5.12. The first kappa shape index (κ1) is 24.2. The van der Waals surface area contributed by atoms with E-state index in [2.05, 4.69) is 24.4 Å². The summed E-state index contributed by atoms with van der Waals surface area (Å²) in [5, 5.41) is 3.37. The van der Waals surface area contributed by atoms with Crippen LogP contribution in [0.5, 0.6) is 0 Å². The molecule has 158 valence electrons. The van der Waals surface area contributed by atoms with Crippen molar-refractivity contribution in [2.24, 2.45) is 5.92 Å². The van der Waals surface area contributed by atoms with Crippen LogP contribution in [0.2, 0.25) is 0 Å². The van der Waals surface area contributed by atoms with Gasteiger partial charge < -0.3 is 10.1 Å². The number of carbonyl (C=O) groups excluding carboxylic acids is 1. The van der Waals surface area contributed by atoms with Gasteiger partial charge in [-0.1, -0.05) is 64.0 Å². The van der Waals surface area contributed by atoms with Crippen LogP contribution in [0.1, 0.15) is 110 Å². The molecule has 0 unspecified atom stereocenters. The third-order valence-electron chi connectivity index (χ3n) is 5.64. The van der Waals surface area contributed by atoms with Crippen molar-refractivity contribution in [3.8, 4) is 0 Å². The SMILES string of the molecule is CCCCCCCC=CCCCCCCCC(=O)OCCC1CCNCC1. The van der Waals surface area contributed by atoms with Crippen LogP contribution in [-0.2, 0) is 9.53 Å². The minimum atomic E-state index is 0.00537. The van der Waals surface area contributed by atoms with Gasteiger partial charge in [0.05, 0.1) is 6.61 Å². The summed E-state index contributed by atoms with van der Waals surface area (Å²) in [4.78, 5) is 11.8. The van der Waals surface area contributed by atoms with E-state index >= 15 is 0 Å². The Morgan fingerprint density at radius 2 is 1.48 bits per heavy atom. The fourth-order valence-corrected chi connectivity index (χ4v) is 3.75. The monoisotopic (exact) mass is 379 g/mol. The van der Waals surface area contributed by atoms with Gasteiger partial charge in [0.1, 0.15) is 0 Å². The molecule has 0 amide bonds. The molecular formula is C24H45NO2. The van der Waals surface area contributed by atoms with Crippen molar-refractivity contribution in [3.05, 3.63) is 12.2 Å². The van der Waals surface area contributed by atoms with Crippen molar-refractivity contribution in [3.63, 3.8) is 0 Å². The van der Waals surface area contributed by atoms with Gasteiger partial charge in [-0.25, -0.2) is 0 Å². The number of piperidine rings is 1. The maximum Gasteiger partial charge on any atom is 0.305 e. The summed E-state index contributed by atoms with van der Waals surface area (Å²) in [7, 11) is 0. The number of hydrogen-bond acceptors (Lipinski definition) is 3. The molecule has 0 radical (unpaired) electrons. The molecule has 0 aromatic carbocycles. The van der Waals surface area contributed by atoms with E-state index in [-0.39, 0.29) is 5.97 Å². The number of rotatable bonds is 17. The second-order valence-corrected chi connectivity index (χ2v) is 8.18. The van der Waals surface area contributed by atoms with Crippen molar-refractivity contribution in [2.75, 3.05) is 19.7 Å². The molecule has 1 N–H and O–H groups in total. The van der Waals surface area contributed by atoms with Gasteiger partial charge in [-0.15, -0.1) is 0 Å². The molecule has 1 aliphatic rings. The average Bonchev–Trinajstić information content (AvgIpc) is 2.69. The minimum Gasteiger partial charge on any atom is -0.466 e. The molecule has 0 aromatic rings. The standard InChI is InChI=1S/C24H45NO2/c1-2-3-4-5-6-7-8-9-10-11-12-13-14-15-16-24(26)27-22-19-23-17-20-25-21-18-23/h8-9,23,25H,2-7,10-22H2,1H3. The summed E-state index contributed by atoms with van der Waals surface area (Å²) in [6.07, 6.45) is 24.1. The number of allylic oxidation sites excluding steroid dienone is 2. The van der Waals surface area contributed by atoms with E-state index in [1.165, 1.54) is 77.0 Å². The molecule has 1 heterocycles. The van der Waals surface area contributed by atoms with Crippen molar-refractivity contribution >= 4 is 5.97 Å². The lowest BCUT2D eigenvalue weighted by atomic mass is 9.95. The van der Waals surface area contributed by atoms with Crippen LogP contribution < -0.4 is 5.32 Å². The van der Waals surface area contributed by atoms with Gasteiger partial charge in [-0.05, 0) is 70.4 Å². The lowest BCUT2D eigenvalue weighted by Gasteiger charge is -2.22. The Labute approximate surface area is 168 Å². The molecule has 1 rings (SSSR count). The molecule has 3 heteroatoms. The molecule has 3 nitrogen and oxygen atoms in total. The number of ether oxygens (including phenoxy) is 1. The highest BCUT2D eigenvalue weighted by Gasteiger charge is 2.13. The van der Waals surface area contributed by atoms with Gasteiger partial charge >= 0.3 is 5.97 Å². The third kappa shape index (κ3) is 15.9. The van der Waals surface area contributed by atoms with Gasteiger partial charge in [-0.2, -0.15) is 0 Å². The average molecular weight is 380 g/mol. The smallest absolute Gasteiger partial charge is 0.305 e. The highest BCUT2D eigenvalue weighted by Crippen LogP contribution is 2.16. The predicted molar refractivity (Wildman–Crippen MR) is 116 cm³/mol. The molecular weight excluding hydrogens is 334 g/mol. The van der Waals surface area contributed by atoms with Crippen molar-refractivity contribution in [2.45, 2.75) is 110 Å². The summed E-state index contributed by atoms with van der Waals surface area (Å²) < 4.78 is 5.39. The van der Waals surface area contributed by atoms with E-state index in [9.17, 15) is 4.79 Å². The minimum absolute atomic E-state index is 0.00537. The van der Waals surface area contributed by atoms with Crippen LogP contribution in [0.4, 0.5) is 0 Å². The van der Waals surface area contributed by atoms with Gasteiger partial charge in [0.2, 0.25) is 0 Å².